The van der Waals surface area contributed by atoms with Crippen molar-refractivity contribution in [3.8, 4) is 0 Å². The number of esters is 1. The molecule has 1 unspecified atom stereocenters. The maximum atomic E-state index is 11.3. The molecule has 0 N–H and O–H groups in total. The average molecular weight is 231 g/mol. The van der Waals surface area contributed by atoms with E-state index in [1.165, 1.54) is 0 Å². The van der Waals surface area contributed by atoms with Gasteiger partial charge >= 0.3 is 11.7 Å². The van der Waals surface area contributed by atoms with Gasteiger partial charge in [-0.1, -0.05) is 13.3 Å². The van der Waals surface area contributed by atoms with Crippen LogP contribution in [0.25, 0.3) is 0 Å². The van der Waals surface area contributed by atoms with Crippen LogP contribution in [0.4, 0.5) is 0 Å². The van der Waals surface area contributed by atoms with Gasteiger partial charge in [0.25, 0.3) is 0 Å². The molecule has 0 saturated carbocycles. The van der Waals surface area contributed by atoms with E-state index in [9.17, 15) is 10.0 Å². The van der Waals surface area contributed by atoms with E-state index in [0.717, 1.165) is 12.8 Å². The largest absolute Gasteiger partial charge is 0.458 e. The van der Waals surface area contributed by atoms with Gasteiger partial charge in [0, 0.05) is 6.61 Å². The minimum absolute atomic E-state index is 0.0386. The summed E-state index contributed by atoms with van der Waals surface area (Å²) in [5.74, 6) is -0.640. The first-order valence-electron chi connectivity index (χ1n) is 5.47. The van der Waals surface area contributed by atoms with Crippen molar-refractivity contribution in [3.63, 3.8) is 0 Å². The second-order valence-electron chi connectivity index (χ2n) is 3.39. The maximum Gasteiger partial charge on any atom is 0.405 e. The van der Waals surface area contributed by atoms with E-state index in [-0.39, 0.29) is 23.6 Å². The third-order valence-electron chi connectivity index (χ3n) is 2.11. The zero-order chi connectivity index (χ0) is 12.0. The highest BCUT2D eigenvalue weighted by molar-refractivity contribution is 6.34. The summed E-state index contributed by atoms with van der Waals surface area (Å²) in [6.07, 6.45) is 1.38. The van der Waals surface area contributed by atoms with E-state index in [0.29, 0.717) is 6.61 Å². The van der Waals surface area contributed by atoms with Gasteiger partial charge in [0.15, 0.2) is 6.29 Å². The second kappa shape index (κ2) is 6.32. The van der Waals surface area contributed by atoms with Gasteiger partial charge in [-0.25, -0.2) is 4.79 Å². The van der Waals surface area contributed by atoms with Crippen LogP contribution in [0.1, 0.15) is 33.1 Å². The van der Waals surface area contributed by atoms with Crippen LogP contribution in [0.15, 0.2) is 0 Å². The van der Waals surface area contributed by atoms with Crippen molar-refractivity contribution >= 4 is 11.7 Å². The zero-order valence-corrected chi connectivity index (χ0v) is 9.60. The van der Waals surface area contributed by atoms with E-state index in [2.05, 4.69) is 0 Å². The first-order valence-corrected chi connectivity index (χ1v) is 5.47. The Morgan fingerprint density at radius 2 is 2.38 bits per heavy atom. The zero-order valence-electron chi connectivity index (χ0n) is 9.60. The van der Waals surface area contributed by atoms with Gasteiger partial charge < -0.3 is 14.3 Å². The Hall–Kier alpha value is -1.30. The lowest BCUT2D eigenvalue weighted by Crippen LogP contribution is -2.21. The molecule has 0 radical (unpaired) electrons. The minimum atomic E-state index is -0.663. The Bertz CT molecular complexity index is 276. The van der Waals surface area contributed by atoms with E-state index < -0.39 is 12.3 Å². The Kier molecular flexibility index (Phi) is 5.04. The summed E-state index contributed by atoms with van der Waals surface area (Å²) in [5, 5.41) is 11.2. The smallest absolute Gasteiger partial charge is 0.405 e. The second-order valence-corrected chi connectivity index (χ2v) is 3.39. The van der Waals surface area contributed by atoms with Crippen LogP contribution in [-0.4, -0.2) is 36.1 Å². The van der Waals surface area contributed by atoms with Gasteiger partial charge in [-0.2, -0.15) is 0 Å². The van der Waals surface area contributed by atoms with E-state index in [1.807, 2.05) is 6.92 Å². The van der Waals surface area contributed by atoms with Crippen molar-refractivity contribution in [3.05, 3.63) is 5.21 Å². The molecule has 92 valence electrons. The van der Waals surface area contributed by atoms with Crippen molar-refractivity contribution < 1.29 is 24.0 Å². The average Bonchev–Trinajstić information content (AvgIpc) is 2.61. The molecule has 0 aromatic rings. The number of hydrogen-bond acceptors (Lipinski definition) is 5. The first kappa shape index (κ1) is 12.8. The van der Waals surface area contributed by atoms with E-state index >= 15 is 0 Å². The van der Waals surface area contributed by atoms with Crippen molar-refractivity contribution in [2.75, 3.05) is 13.2 Å². The predicted octanol–water partition coefficient (Wildman–Crippen LogP) is 0.979. The molecule has 1 aliphatic heterocycles. The summed E-state index contributed by atoms with van der Waals surface area (Å²) < 4.78 is 10.00. The number of carbonyl (C=O) groups is 1. The molecule has 6 nitrogen and oxygen atoms in total. The molecule has 0 saturated heterocycles. The fourth-order valence-corrected chi connectivity index (χ4v) is 1.26. The molecular formula is C10H17NO5. The molecule has 0 amide bonds. The molecule has 6 heteroatoms. The first-order chi connectivity index (χ1) is 7.69. The van der Waals surface area contributed by atoms with Crippen molar-refractivity contribution in [1.82, 2.24) is 0 Å². The SMILES string of the molecule is CCCCOC1CC(C(=O)OCC)=[N+]([O-])O1. The topological polar surface area (TPSA) is 70.8 Å². The molecule has 0 aliphatic carbocycles. The van der Waals surface area contributed by atoms with Crippen LogP contribution in [0, 0.1) is 5.21 Å². The lowest BCUT2D eigenvalue weighted by molar-refractivity contribution is -0.751. The Morgan fingerprint density at radius 1 is 1.62 bits per heavy atom. The van der Waals surface area contributed by atoms with Crippen molar-refractivity contribution in [2.24, 2.45) is 0 Å². The summed E-state index contributed by atoms with van der Waals surface area (Å²) in [5.41, 5.74) is -0.0386. The summed E-state index contributed by atoms with van der Waals surface area (Å²) in [7, 11) is 0. The van der Waals surface area contributed by atoms with Crippen LogP contribution >= 0.6 is 0 Å². The Balaban J connectivity index is 2.38. The lowest BCUT2D eigenvalue weighted by Gasteiger charge is -2.11. The fourth-order valence-electron chi connectivity index (χ4n) is 1.26. The minimum Gasteiger partial charge on any atom is -0.458 e. The molecule has 1 aliphatic rings. The van der Waals surface area contributed by atoms with E-state index in [1.54, 1.807) is 6.92 Å². The van der Waals surface area contributed by atoms with Gasteiger partial charge in [-0.15, -0.1) is 0 Å². The van der Waals surface area contributed by atoms with E-state index in [4.69, 9.17) is 14.3 Å². The molecule has 0 fully saturated rings. The molecule has 1 rings (SSSR count). The highest BCUT2D eigenvalue weighted by atomic mass is 16.9. The van der Waals surface area contributed by atoms with Crippen LogP contribution in [0.3, 0.4) is 0 Å². The molecule has 1 atom stereocenters. The molecule has 0 aromatic carbocycles. The third-order valence-corrected chi connectivity index (χ3v) is 2.11. The highest BCUT2D eigenvalue weighted by Crippen LogP contribution is 2.12. The van der Waals surface area contributed by atoms with Gasteiger partial charge in [0.1, 0.15) is 0 Å². The van der Waals surface area contributed by atoms with Crippen LogP contribution in [0.2, 0.25) is 0 Å². The number of rotatable bonds is 6. The van der Waals surface area contributed by atoms with Crippen molar-refractivity contribution in [2.45, 2.75) is 39.4 Å². The number of hydrogen-bond donors (Lipinski definition) is 0. The molecule has 0 aromatic heterocycles. The quantitative estimate of drug-likeness (QED) is 0.387. The monoisotopic (exact) mass is 231 g/mol. The summed E-state index contributed by atoms with van der Waals surface area (Å²) in [4.78, 5) is 16.3. The molecule has 0 spiro atoms. The van der Waals surface area contributed by atoms with Gasteiger partial charge in [0.2, 0.25) is 0 Å². The van der Waals surface area contributed by atoms with Crippen LogP contribution in [0.5, 0.6) is 0 Å². The number of nitrogens with zero attached hydrogens (tertiary/aromatic N) is 1. The highest BCUT2D eigenvalue weighted by Gasteiger charge is 2.35. The third kappa shape index (κ3) is 3.37. The van der Waals surface area contributed by atoms with Crippen molar-refractivity contribution in [1.29, 1.82) is 0 Å². The molecule has 0 bridgehead atoms. The van der Waals surface area contributed by atoms with Gasteiger partial charge in [-0.3, -0.25) is 5.21 Å². The number of carbonyl (C=O) groups excluding carboxylic acids is 1. The number of ether oxygens (including phenoxy) is 2. The Morgan fingerprint density at radius 3 is 3.00 bits per heavy atom. The fraction of sp³-hybridized carbons (Fsp3) is 0.800. The Labute approximate surface area is 94.3 Å². The molecular weight excluding hydrogens is 214 g/mol. The summed E-state index contributed by atoms with van der Waals surface area (Å²) >= 11 is 0. The maximum absolute atomic E-state index is 11.3. The standard InChI is InChI=1S/C10H17NO5/c1-3-5-6-15-9-7-8(11(13)16-9)10(12)14-4-2/h9H,3-7H2,1-2H3. The predicted molar refractivity (Wildman–Crippen MR) is 55.6 cm³/mol. The lowest BCUT2D eigenvalue weighted by atomic mass is 10.3. The summed E-state index contributed by atoms with van der Waals surface area (Å²) in [6.45, 7) is 4.47. The number of unbranched alkanes of at least 4 members (excludes halogenated alkanes) is 1. The van der Waals surface area contributed by atoms with Crippen LogP contribution < -0.4 is 0 Å². The molecule has 16 heavy (non-hydrogen) atoms. The molecule has 1 heterocycles. The van der Waals surface area contributed by atoms with Crippen LogP contribution in [-0.2, 0) is 19.1 Å². The summed E-state index contributed by atoms with van der Waals surface area (Å²) in [6, 6.07) is 0. The normalized spacial score (nSPS) is 19.8. The van der Waals surface area contributed by atoms with Gasteiger partial charge in [0.05, 0.1) is 17.9 Å². The van der Waals surface area contributed by atoms with Gasteiger partial charge in [-0.05, 0) is 13.3 Å².